The van der Waals surface area contributed by atoms with Gasteiger partial charge in [0.2, 0.25) is 0 Å². The zero-order valence-corrected chi connectivity index (χ0v) is 23.0. The highest BCUT2D eigenvalue weighted by Gasteiger charge is 2.37. The van der Waals surface area contributed by atoms with E-state index in [0.717, 1.165) is 62.8 Å². The Balaban J connectivity index is 1.61. The number of methoxy groups -OCH3 is 1. The van der Waals surface area contributed by atoms with E-state index in [9.17, 15) is 0 Å². The van der Waals surface area contributed by atoms with Crippen LogP contribution in [0.2, 0.25) is 0 Å². The minimum atomic E-state index is 0.166. The Morgan fingerprint density at radius 1 is 0.889 bits per heavy atom. The van der Waals surface area contributed by atoms with E-state index >= 15 is 0 Å². The van der Waals surface area contributed by atoms with E-state index in [1.54, 1.807) is 7.11 Å². The van der Waals surface area contributed by atoms with Crippen molar-refractivity contribution in [2.45, 2.75) is 64.2 Å². The lowest BCUT2D eigenvalue weighted by Gasteiger charge is -2.42. The molecule has 0 radical (unpaired) electrons. The Hall–Kier alpha value is -2.15. The van der Waals surface area contributed by atoms with Crippen molar-refractivity contribution >= 4 is 5.82 Å². The zero-order valence-electron chi connectivity index (χ0n) is 23.0. The summed E-state index contributed by atoms with van der Waals surface area (Å²) in [5.74, 6) is 1.75. The molecule has 2 aromatic rings. The number of aliphatic hydroxyl groups excluding tert-OH is 1. The number of piperazine rings is 1. The summed E-state index contributed by atoms with van der Waals surface area (Å²) in [6.07, 6.45) is 4.33. The molecule has 6 nitrogen and oxygen atoms in total. The van der Waals surface area contributed by atoms with Crippen LogP contribution in [-0.2, 0) is 15.6 Å². The van der Waals surface area contributed by atoms with Gasteiger partial charge in [0.25, 0.3) is 0 Å². The molecular weight excluding hydrogens is 450 g/mol. The van der Waals surface area contributed by atoms with Crippen LogP contribution in [0.25, 0.3) is 11.3 Å². The van der Waals surface area contributed by atoms with Crippen molar-refractivity contribution in [2.24, 2.45) is 0 Å². The molecule has 1 fully saturated rings. The number of unbranched alkanes of at least 4 members (excludes halogenated alkanes) is 1. The Morgan fingerprint density at radius 3 is 2.31 bits per heavy atom. The first kappa shape index (κ1) is 26.9. The Bertz CT molecular complexity index is 1010. The number of rotatable bonds is 10. The lowest BCUT2D eigenvalue weighted by atomic mass is 9.63. The molecule has 1 aromatic heterocycles. The molecule has 0 saturated carbocycles. The molecule has 0 spiro atoms. The highest BCUT2D eigenvalue weighted by molar-refractivity contribution is 5.67. The van der Waals surface area contributed by atoms with Crippen LogP contribution >= 0.6 is 0 Å². The van der Waals surface area contributed by atoms with Crippen molar-refractivity contribution < 1.29 is 14.6 Å². The number of aliphatic hydroxyl groups is 1. The van der Waals surface area contributed by atoms with Crippen LogP contribution < -0.4 is 9.64 Å². The fourth-order valence-electron chi connectivity index (χ4n) is 5.55. The molecule has 0 unspecified atom stereocenters. The molecule has 1 N–H and O–H groups in total. The predicted molar refractivity (Wildman–Crippen MR) is 147 cm³/mol. The van der Waals surface area contributed by atoms with E-state index in [2.05, 4.69) is 67.8 Å². The van der Waals surface area contributed by atoms with Crippen molar-refractivity contribution in [2.75, 3.05) is 64.6 Å². The first-order chi connectivity index (χ1) is 17.2. The Kier molecular flexibility index (Phi) is 8.59. The predicted octanol–water partition coefficient (Wildman–Crippen LogP) is 5.02. The largest absolute Gasteiger partial charge is 0.487 e. The molecular formula is C30H45N3O3. The van der Waals surface area contributed by atoms with Crippen molar-refractivity contribution in [1.29, 1.82) is 0 Å². The average Bonchev–Trinajstić information content (AvgIpc) is 2.88. The van der Waals surface area contributed by atoms with Gasteiger partial charge in [-0.15, -0.1) is 0 Å². The number of hydrogen-bond donors (Lipinski definition) is 1. The number of benzene rings is 1. The van der Waals surface area contributed by atoms with Gasteiger partial charge in [-0.1, -0.05) is 39.8 Å². The second-order valence-electron chi connectivity index (χ2n) is 11.6. The minimum absolute atomic E-state index is 0.166. The summed E-state index contributed by atoms with van der Waals surface area (Å²) in [4.78, 5) is 10.0. The third-order valence-corrected chi connectivity index (χ3v) is 8.09. The number of fused-ring (bicyclic) bond motifs is 1. The van der Waals surface area contributed by atoms with Gasteiger partial charge in [0.1, 0.15) is 6.61 Å². The molecule has 0 atom stereocenters. The maximum absolute atomic E-state index is 9.09. The van der Waals surface area contributed by atoms with Crippen LogP contribution in [0.5, 0.6) is 5.75 Å². The Labute approximate surface area is 217 Å². The van der Waals surface area contributed by atoms with Crippen LogP contribution in [0.15, 0.2) is 30.3 Å². The van der Waals surface area contributed by atoms with Crippen molar-refractivity contribution in [1.82, 2.24) is 9.88 Å². The van der Waals surface area contributed by atoms with Crippen molar-refractivity contribution in [3.8, 4) is 17.0 Å². The molecule has 1 saturated heterocycles. The molecule has 6 heteroatoms. The fraction of sp³-hybridized carbons (Fsp3) is 0.633. The zero-order chi connectivity index (χ0) is 25.8. The van der Waals surface area contributed by atoms with Gasteiger partial charge in [-0.05, 0) is 72.4 Å². The van der Waals surface area contributed by atoms with E-state index in [-0.39, 0.29) is 17.4 Å². The van der Waals surface area contributed by atoms with Gasteiger partial charge >= 0.3 is 0 Å². The van der Waals surface area contributed by atoms with E-state index in [0.29, 0.717) is 13.2 Å². The standard InChI is InChI=1S/C30H45N3O3/c1-29(2)12-13-30(3,4)25-22-23(8-9-24(25)29)26-10-11-27(36-21-20-35-5)28(31-26)33-17-15-32(16-18-33)14-6-7-19-34/h8-11,22,34H,6-7,12-21H2,1-5H3. The van der Waals surface area contributed by atoms with E-state index in [1.807, 2.05) is 0 Å². The number of pyridine rings is 1. The quantitative estimate of drug-likeness (QED) is 0.467. The van der Waals surface area contributed by atoms with Crippen LogP contribution in [0.1, 0.15) is 64.5 Å². The van der Waals surface area contributed by atoms with Gasteiger partial charge in [-0.2, -0.15) is 0 Å². The summed E-state index contributed by atoms with van der Waals surface area (Å²) in [6.45, 7) is 15.7. The van der Waals surface area contributed by atoms with E-state index in [1.165, 1.54) is 29.5 Å². The molecule has 1 aliphatic carbocycles. The summed E-state index contributed by atoms with van der Waals surface area (Å²) in [5.41, 5.74) is 5.47. The maximum Gasteiger partial charge on any atom is 0.172 e. The van der Waals surface area contributed by atoms with Crippen LogP contribution in [0.4, 0.5) is 5.82 Å². The molecule has 0 bridgehead atoms. The van der Waals surface area contributed by atoms with Gasteiger partial charge in [-0.25, -0.2) is 4.98 Å². The molecule has 2 aliphatic rings. The summed E-state index contributed by atoms with van der Waals surface area (Å²) in [7, 11) is 1.69. The number of anilines is 1. The number of hydrogen-bond acceptors (Lipinski definition) is 6. The summed E-state index contributed by atoms with van der Waals surface area (Å²) in [5, 5.41) is 9.09. The fourth-order valence-corrected chi connectivity index (χ4v) is 5.55. The normalized spacial score (nSPS) is 19.2. The van der Waals surface area contributed by atoms with Gasteiger partial charge in [0.15, 0.2) is 11.6 Å². The first-order valence-corrected chi connectivity index (χ1v) is 13.6. The molecule has 36 heavy (non-hydrogen) atoms. The van der Waals surface area contributed by atoms with Crippen molar-refractivity contribution in [3.63, 3.8) is 0 Å². The lowest BCUT2D eigenvalue weighted by Crippen LogP contribution is -2.47. The van der Waals surface area contributed by atoms with Gasteiger partial charge in [0.05, 0.1) is 12.3 Å². The Morgan fingerprint density at radius 2 is 1.61 bits per heavy atom. The SMILES string of the molecule is COCCOc1ccc(-c2ccc3c(c2)C(C)(C)CCC3(C)C)nc1N1CCN(CCCCO)CC1. The molecule has 1 aromatic carbocycles. The smallest absolute Gasteiger partial charge is 0.172 e. The summed E-state index contributed by atoms with van der Waals surface area (Å²) < 4.78 is 11.3. The third-order valence-electron chi connectivity index (χ3n) is 8.09. The van der Waals surface area contributed by atoms with E-state index < -0.39 is 0 Å². The number of ether oxygens (including phenoxy) is 2. The monoisotopic (exact) mass is 495 g/mol. The highest BCUT2D eigenvalue weighted by Crippen LogP contribution is 2.46. The highest BCUT2D eigenvalue weighted by atomic mass is 16.5. The number of aromatic nitrogens is 1. The van der Waals surface area contributed by atoms with Gasteiger partial charge in [-0.3, -0.25) is 4.90 Å². The first-order valence-electron chi connectivity index (χ1n) is 13.6. The molecule has 4 rings (SSSR count). The molecule has 198 valence electrons. The topological polar surface area (TPSA) is 58.1 Å². The van der Waals surface area contributed by atoms with Gasteiger partial charge < -0.3 is 19.5 Å². The molecule has 1 aliphatic heterocycles. The van der Waals surface area contributed by atoms with Crippen LogP contribution in [0.3, 0.4) is 0 Å². The lowest BCUT2D eigenvalue weighted by molar-refractivity contribution is 0.146. The third kappa shape index (κ3) is 6.04. The van der Waals surface area contributed by atoms with Gasteiger partial charge in [0, 0.05) is 45.5 Å². The van der Waals surface area contributed by atoms with E-state index in [4.69, 9.17) is 19.6 Å². The second-order valence-corrected chi connectivity index (χ2v) is 11.6. The summed E-state index contributed by atoms with van der Waals surface area (Å²) >= 11 is 0. The van der Waals surface area contributed by atoms with Crippen molar-refractivity contribution in [3.05, 3.63) is 41.5 Å². The maximum atomic E-state index is 9.09. The molecule has 2 heterocycles. The average molecular weight is 496 g/mol. The number of nitrogens with zero attached hydrogens (tertiary/aromatic N) is 3. The second kappa shape index (κ2) is 11.5. The van der Waals surface area contributed by atoms with Crippen LogP contribution in [-0.4, -0.2) is 74.6 Å². The molecule has 0 amide bonds. The van der Waals surface area contributed by atoms with Crippen LogP contribution in [0, 0.1) is 0 Å². The minimum Gasteiger partial charge on any atom is -0.487 e. The summed E-state index contributed by atoms with van der Waals surface area (Å²) in [6, 6.07) is 11.1.